The lowest BCUT2D eigenvalue weighted by atomic mass is 9.72. The number of halogens is 1. The molecule has 0 bridgehead atoms. The van der Waals surface area contributed by atoms with Gasteiger partial charge in [0.1, 0.15) is 0 Å². The van der Waals surface area contributed by atoms with E-state index in [4.69, 9.17) is 0 Å². The summed E-state index contributed by atoms with van der Waals surface area (Å²) in [5, 5.41) is 3.83. The second-order valence-electron chi connectivity index (χ2n) is 7.13. The molecule has 0 saturated heterocycles. The fourth-order valence-electron chi connectivity index (χ4n) is 4.01. The summed E-state index contributed by atoms with van der Waals surface area (Å²) in [7, 11) is 0. The van der Waals surface area contributed by atoms with E-state index in [0.29, 0.717) is 6.04 Å². The summed E-state index contributed by atoms with van der Waals surface area (Å²) in [6.45, 7) is 10.4. The molecule has 2 rings (SSSR count). The number of hydrogen-bond donors (Lipinski definition) is 1. The molecule has 1 aromatic carbocycles. The molecule has 0 aliphatic heterocycles. The van der Waals surface area contributed by atoms with Gasteiger partial charge in [0.15, 0.2) is 0 Å². The highest BCUT2D eigenvalue weighted by Gasteiger charge is 2.31. The summed E-state index contributed by atoms with van der Waals surface area (Å²) < 4.78 is 1.26. The second-order valence-corrected chi connectivity index (χ2v) is 7.99. The zero-order valence-corrected chi connectivity index (χ0v) is 15.5. The molecular weight excluding hydrogens is 322 g/mol. The first-order valence-corrected chi connectivity index (χ1v) is 9.30. The minimum absolute atomic E-state index is 0.490. The number of aryl methyl sites for hydroxylation is 1. The topological polar surface area (TPSA) is 12.0 Å². The average molecular weight is 352 g/mol. The molecule has 1 saturated carbocycles. The molecule has 118 valence electrons. The largest absolute Gasteiger partial charge is 0.310 e. The predicted molar refractivity (Wildman–Crippen MR) is 95.6 cm³/mol. The molecular formula is C19H30BrN. The maximum absolute atomic E-state index is 3.83. The third-order valence-corrected chi connectivity index (χ3v) is 5.51. The van der Waals surface area contributed by atoms with Crippen molar-refractivity contribution < 1.29 is 0 Å². The van der Waals surface area contributed by atoms with Crippen LogP contribution in [0, 0.1) is 24.7 Å². The lowest BCUT2D eigenvalue weighted by Crippen LogP contribution is -2.34. The Morgan fingerprint density at radius 1 is 1.19 bits per heavy atom. The van der Waals surface area contributed by atoms with Crippen LogP contribution in [0.15, 0.2) is 22.7 Å². The van der Waals surface area contributed by atoms with Gasteiger partial charge in [-0.05, 0) is 68.5 Å². The normalized spacial score (nSPS) is 27.6. The van der Waals surface area contributed by atoms with Gasteiger partial charge >= 0.3 is 0 Å². The van der Waals surface area contributed by atoms with Crippen LogP contribution in [-0.2, 0) is 0 Å². The monoisotopic (exact) mass is 351 g/mol. The Morgan fingerprint density at radius 3 is 2.48 bits per heavy atom. The van der Waals surface area contributed by atoms with Crippen molar-refractivity contribution in [3.05, 3.63) is 33.8 Å². The Labute approximate surface area is 139 Å². The maximum atomic E-state index is 3.83. The average Bonchev–Trinajstić information content (AvgIpc) is 2.42. The van der Waals surface area contributed by atoms with Gasteiger partial charge < -0.3 is 5.32 Å². The number of rotatable bonds is 5. The zero-order valence-electron chi connectivity index (χ0n) is 14.0. The van der Waals surface area contributed by atoms with Crippen molar-refractivity contribution in [1.29, 1.82) is 0 Å². The van der Waals surface area contributed by atoms with Crippen molar-refractivity contribution in [2.24, 2.45) is 17.8 Å². The van der Waals surface area contributed by atoms with Crippen LogP contribution in [0.2, 0.25) is 0 Å². The number of hydrogen-bond acceptors (Lipinski definition) is 1. The van der Waals surface area contributed by atoms with E-state index >= 15 is 0 Å². The molecule has 0 radical (unpaired) electrons. The smallest absolute Gasteiger partial charge is 0.0360 e. The Morgan fingerprint density at radius 2 is 1.86 bits per heavy atom. The molecule has 0 heterocycles. The lowest BCUT2D eigenvalue weighted by Gasteiger charge is -2.37. The summed E-state index contributed by atoms with van der Waals surface area (Å²) >= 11 is 3.78. The third-order valence-electron chi connectivity index (χ3n) is 4.79. The summed E-state index contributed by atoms with van der Waals surface area (Å²) in [6.07, 6.45) is 5.29. The first kappa shape index (κ1) is 17.0. The predicted octanol–water partition coefficient (Wildman–Crippen LogP) is 5.87. The highest BCUT2D eigenvalue weighted by atomic mass is 79.9. The van der Waals surface area contributed by atoms with Gasteiger partial charge in [-0.1, -0.05) is 54.4 Å². The highest BCUT2D eigenvalue weighted by molar-refractivity contribution is 9.10. The van der Waals surface area contributed by atoms with E-state index in [-0.39, 0.29) is 0 Å². The van der Waals surface area contributed by atoms with Crippen molar-refractivity contribution in [2.75, 3.05) is 6.54 Å². The van der Waals surface area contributed by atoms with Gasteiger partial charge in [0.2, 0.25) is 0 Å². The van der Waals surface area contributed by atoms with Crippen LogP contribution in [0.1, 0.15) is 63.6 Å². The Kier molecular flexibility index (Phi) is 6.31. The van der Waals surface area contributed by atoms with Gasteiger partial charge in [-0.2, -0.15) is 0 Å². The van der Waals surface area contributed by atoms with Crippen LogP contribution in [-0.4, -0.2) is 6.54 Å². The van der Waals surface area contributed by atoms with E-state index in [1.165, 1.54) is 41.3 Å². The number of nitrogens with one attached hydrogen (secondary N) is 1. The number of benzene rings is 1. The van der Waals surface area contributed by atoms with Crippen LogP contribution in [0.5, 0.6) is 0 Å². The van der Waals surface area contributed by atoms with Gasteiger partial charge in [-0.25, -0.2) is 0 Å². The molecule has 3 atom stereocenters. The van der Waals surface area contributed by atoms with Gasteiger partial charge in [0.25, 0.3) is 0 Å². The first-order chi connectivity index (χ1) is 10.0. The van der Waals surface area contributed by atoms with E-state index < -0.39 is 0 Å². The van der Waals surface area contributed by atoms with E-state index in [0.717, 1.165) is 24.3 Å². The molecule has 1 N–H and O–H groups in total. The molecule has 0 amide bonds. The van der Waals surface area contributed by atoms with E-state index in [9.17, 15) is 0 Å². The van der Waals surface area contributed by atoms with E-state index in [1.54, 1.807) is 0 Å². The molecule has 0 aromatic heterocycles. The quantitative estimate of drug-likeness (QED) is 0.699. The van der Waals surface area contributed by atoms with Crippen LogP contribution in [0.3, 0.4) is 0 Å². The minimum atomic E-state index is 0.490. The van der Waals surface area contributed by atoms with Crippen molar-refractivity contribution in [3.63, 3.8) is 0 Å². The summed E-state index contributed by atoms with van der Waals surface area (Å²) in [5.74, 6) is 2.47. The van der Waals surface area contributed by atoms with Crippen LogP contribution in [0.4, 0.5) is 0 Å². The van der Waals surface area contributed by atoms with Crippen molar-refractivity contribution in [1.82, 2.24) is 5.32 Å². The zero-order chi connectivity index (χ0) is 15.4. The molecule has 21 heavy (non-hydrogen) atoms. The molecule has 0 spiro atoms. The summed E-state index contributed by atoms with van der Waals surface area (Å²) in [6, 6.07) is 7.25. The van der Waals surface area contributed by atoms with Gasteiger partial charge in [0.05, 0.1) is 0 Å². The highest BCUT2D eigenvalue weighted by Crippen LogP contribution is 2.41. The van der Waals surface area contributed by atoms with Crippen LogP contribution < -0.4 is 5.32 Å². The van der Waals surface area contributed by atoms with E-state index in [1.807, 2.05) is 0 Å². The van der Waals surface area contributed by atoms with Crippen molar-refractivity contribution in [2.45, 2.75) is 59.4 Å². The molecule has 1 nitrogen and oxygen atoms in total. The SMILES string of the molecule is CCCNC(c1cc(C)ccc1Br)C1CC(C)CC(C)C1. The van der Waals surface area contributed by atoms with Gasteiger partial charge in [0, 0.05) is 10.5 Å². The summed E-state index contributed by atoms with van der Waals surface area (Å²) in [4.78, 5) is 0. The molecule has 1 aliphatic rings. The Hall–Kier alpha value is -0.340. The van der Waals surface area contributed by atoms with Gasteiger partial charge in [-0.3, -0.25) is 0 Å². The molecule has 1 fully saturated rings. The fourth-order valence-corrected chi connectivity index (χ4v) is 4.51. The second kappa shape index (κ2) is 7.78. The van der Waals surface area contributed by atoms with Crippen LogP contribution >= 0.6 is 15.9 Å². The Balaban J connectivity index is 2.26. The third kappa shape index (κ3) is 4.56. The maximum Gasteiger partial charge on any atom is 0.0360 e. The minimum Gasteiger partial charge on any atom is -0.310 e. The summed E-state index contributed by atoms with van der Waals surface area (Å²) in [5.41, 5.74) is 2.81. The van der Waals surface area contributed by atoms with Crippen molar-refractivity contribution >= 4 is 15.9 Å². The first-order valence-electron chi connectivity index (χ1n) is 8.50. The van der Waals surface area contributed by atoms with E-state index in [2.05, 4.69) is 67.1 Å². The lowest BCUT2D eigenvalue weighted by molar-refractivity contribution is 0.176. The van der Waals surface area contributed by atoms with Crippen LogP contribution in [0.25, 0.3) is 0 Å². The molecule has 3 unspecified atom stereocenters. The van der Waals surface area contributed by atoms with Gasteiger partial charge in [-0.15, -0.1) is 0 Å². The molecule has 1 aromatic rings. The van der Waals surface area contributed by atoms with Crippen molar-refractivity contribution in [3.8, 4) is 0 Å². The fraction of sp³-hybridized carbons (Fsp3) is 0.684. The molecule has 2 heteroatoms. The molecule has 1 aliphatic carbocycles. The standard InChI is InChI=1S/C19H30BrN/c1-5-8-21-19(16-10-14(3)9-15(4)11-16)17-12-13(2)6-7-18(17)20/h6-7,12,14-16,19,21H,5,8-11H2,1-4H3. The Bertz CT molecular complexity index is 447.